The highest BCUT2D eigenvalue weighted by atomic mass is 19.4. The van der Waals surface area contributed by atoms with Gasteiger partial charge in [0.15, 0.2) is 5.65 Å². The maximum absolute atomic E-state index is 12.8. The molecule has 0 aromatic carbocycles. The van der Waals surface area contributed by atoms with E-state index in [4.69, 9.17) is 0 Å². The average molecular weight is 240 g/mol. The molecule has 0 spiro atoms. The molecule has 0 bridgehead atoms. The van der Waals surface area contributed by atoms with Crippen molar-refractivity contribution in [1.29, 1.82) is 0 Å². The van der Waals surface area contributed by atoms with Gasteiger partial charge in [0.2, 0.25) is 0 Å². The lowest BCUT2D eigenvalue weighted by molar-refractivity contribution is -0.141. The summed E-state index contributed by atoms with van der Waals surface area (Å²) in [4.78, 5) is 7.48. The van der Waals surface area contributed by atoms with Crippen LogP contribution in [-0.4, -0.2) is 9.97 Å². The van der Waals surface area contributed by atoms with Gasteiger partial charge in [0.05, 0.1) is 0 Å². The summed E-state index contributed by atoms with van der Waals surface area (Å²) in [6, 6.07) is 4.91. The minimum atomic E-state index is -4.44. The molecule has 2 rings (SSSR count). The molecular weight excluding hydrogens is 229 g/mol. The summed E-state index contributed by atoms with van der Waals surface area (Å²) in [5.74, 6) is -0.233. The SMILES string of the molecule is CC(C)c1cc2cccnc2nc1C(F)(F)F. The minimum Gasteiger partial charge on any atom is -0.237 e. The summed E-state index contributed by atoms with van der Waals surface area (Å²) in [7, 11) is 0. The second-order valence-electron chi connectivity index (χ2n) is 4.13. The third-order valence-electron chi connectivity index (χ3n) is 2.51. The smallest absolute Gasteiger partial charge is 0.237 e. The number of halogens is 3. The van der Waals surface area contributed by atoms with Gasteiger partial charge in [-0.15, -0.1) is 0 Å². The lowest BCUT2D eigenvalue weighted by atomic mass is 10.00. The Bertz CT molecular complexity index is 547. The van der Waals surface area contributed by atoms with E-state index in [0.717, 1.165) is 0 Å². The van der Waals surface area contributed by atoms with Crippen molar-refractivity contribution < 1.29 is 13.2 Å². The molecule has 0 radical (unpaired) electrons. The molecule has 0 aliphatic rings. The number of rotatable bonds is 1. The van der Waals surface area contributed by atoms with Gasteiger partial charge in [0, 0.05) is 11.6 Å². The van der Waals surface area contributed by atoms with Crippen LogP contribution in [0.5, 0.6) is 0 Å². The predicted octanol–water partition coefficient (Wildman–Crippen LogP) is 3.77. The molecule has 2 heterocycles. The first-order valence-corrected chi connectivity index (χ1v) is 5.22. The highest BCUT2D eigenvalue weighted by Crippen LogP contribution is 2.35. The quantitative estimate of drug-likeness (QED) is 0.758. The van der Waals surface area contributed by atoms with Crippen LogP contribution in [0.15, 0.2) is 24.4 Å². The van der Waals surface area contributed by atoms with Gasteiger partial charge < -0.3 is 0 Å². The Hall–Kier alpha value is -1.65. The fourth-order valence-electron chi connectivity index (χ4n) is 1.69. The number of aromatic nitrogens is 2. The van der Waals surface area contributed by atoms with Gasteiger partial charge in [-0.05, 0) is 29.7 Å². The molecule has 0 amide bonds. The van der Waals surface area contributed by atoms with Crippen LogP contribution < -0.4 is 0 Å². The zero-order valence-corrected chi connectivity index (χ0v) is 9.42. The molecule has 0 atom stereocenters. The lowest BCUT2D eigenvalue weighted by Crippen LogP contribution is -2.13. The third-order valence-corrected chi connectivity index (χ3v) is 2.51. The van der Waals surface area contributed by atoms with Crippen LogP contribution in [0.2, 0.25) is 0 Å². The summed E-state index contributed by atoms with van der Waals surface area (Å²) in [5, 5.41) is 0.629. The Kier molecular flexibility index (Phi) is 2.77. The van der Waals surface area contributed by atoms with Crippen molar-refractivity contribution in [3.63, 3.8) is 0 Å². The summed E-state index contributed by atoms with van der Waals surface area (Å²) in [5.41, 5.74) is -0.499. The maximum atomic E-state index is 12.8. The second kappa shape index (κ2) is 3.98. The molecule has 0 saturated carbocycles. The van der Waals surface area contributed by atoms with E-state index in [1.165, 1.54) is 12.3 Å². The van der Waals surface area contributed by atoms with Crippen molar-refractivity contribution in [2.45, 2.75) is 25.9 Å². The van der Waals surface area contributed by atoms with Crippen molar-refractivity contribution in [1.82, 2.24) is 9.97 Å². The van der Waals surface area contributed by atoms with E-state index < -0.39 is 11.9 Å². The normalized spacial score (nSPS) is 12.4. The van der Waals surface area contributed by atoms with Crippen molar-refractivity contribution in [3.8, 4) is 0 Å². The molecule has 2 aromatic heterocycles. The molecule has 0 N–H and O–H groups in total. The van der Waals surface area contributed by atoms with Gasteiger partial charge in [0.25, 0.3) is 0 Å². The average Bonchev–Trinajstić information content (AvgIpc) is 2.26. The summed E-state index contributed by atoms with van der Waals surface area (Å²) in [6.45, 7) is 3.43. The van der Waals surface area contributed by atoms with Crippen molar-refractivity contribution in [2.75, 3.05) is 0 Å². The topological polar surface area (TPSA) is 25.8 Å². The summed E-state index contributed by atoms with van der Waals surface area (Å²) >= 11 is 0. The summed E-state index contributed by atoms with van der Waals surface area (Å²) < 4.78 is 38.5. The van der Waals surface area contributed by atoms with E-state index in [-0.39, 0.29) is 17.1 Å². The van der Waals surface area contributed by atoms with Crippen LogP contribution in [0, 0.1) is 0 Å². The maximum Gasteiger partial charge on any atom is 0.433 e. The molecule has 90 valence electrons. The number of hydrogen-bond donors (Lipinski definition) is 0. The second-order valence-corrected chi connectivity index (χ2v) is 4.13. The van der Waals surface area contributed by atoms with Crippen LogP contribution in [-0.2, 0) is 6.18 Å². The van der Waals surface area contributed by atoms with Crippen molar-refractivity contribution in [2.24, 2.45) is 0 Å². The van der Waals surface area contributed by atoms with Crippen LogP contribution >= 0.6 is 0 Å². The molecular formula is C12H11F3N2. The minimum absolute atomic E-state index is 0.129. The Labute approximate surface area is 96.5 Å². The third kappa shape index (κ3) is 2.23. The summed E-state index contributed by atoms with van der Waals surface area (Å²) in [6.07, 6.45) is -3.00. The molecule has 0 unspecified atom stereocenters. The van der Waals surface area contributed by atoms with E-state index in [1.54, 1.807) is 26.0 Å². The van der Waals surface area contributed by atoms with E-state index in [1.807, 2.05) is 0 Å². The Morgan fingerprint density at radius 1 is 1.24 bits per heavy atom. The van der Waals surface area contributed by atoms with Gasteiger partial charge in [-0.1, -0.05) is 13.8 Å². The van der Waals surface area contributed by atoms with E-state index in [9.17, 15) is 13.2 Å². The van der Waals surface area contributed by atoms with Crippen LogP contribution in [0.1, 0.15) is 31.0 Å². The number of alkyl halides is 3. The zero-order valence-electron chi connectivity index (χ0n) is 9.42. The Balaban J connectivity index is 2.75. The monoisotopic (exact) mass is 240 g/mol. The standard InChI is InChI=1S/C12H11F3N2/c1-7(2)9-6-8-4-3-5-16-11(8)17-10(9)12(13,14)15/h3-7H,1-2H3. The van der Waals surface area contributed by atoms with Gasteiger partial charge in [-0.2, -0.15) is 13.2 Å². The first-order chi connectivity index (χ1) is 7.89. The zero-order chi connectivity index (χ0) is 12.6. The Morgan fingerprint density at radius 3 is 2.53 bits per heavy atom. The molecule has 5 heteroatoms. The van der Waals surface area contributed by atoms with Crippen LogP contribution in [0.3, 0.4) is 0 Å². The largest absolute Gasteiger partial charge is 0.433 e. The number of nitrogens with zero attached hydrogens (tertiary/aromatic N) is 2. The van der Waals surface area contributed by atoms with Crippen molar-refractivity contribution in [3.05, 3.63) is 35.7 Å². The molecule has 0 fully saturated rings. The van der Waals surface area contributed by atoms with Gasteiger partial charge in [-0.3, -0.25) is 0 Å². The highest BCUT2D eigenvalue weighted by molar-refractivity contribution is 5.75. The Morgan fingerprint density at radius 2 is 1.94 bits per heavy atom. The lowest BCUT2D eigenvalue weighted by Gasteiger charge is -2.15. The van der Waals surface area contributed by atoms with Crippen LogP contribution in [0.4, 0.5) is 13.2 Å². The fraction of sp³-hybridized carbons (Fsp3) is 0.333. The molecule has 0 saturated heterocycles. The molecule has 0 aliphatic heterocycles. The molecule has 17 heavy (non-hydrogen) atoms. The number of pyridine rings is 2. The number of fused-ring (bicyclic) bond motifs is 1. The first-order valence-electron chi connectivity index (χ1n) is 5.22. The van der Waals surface area contributed by atoms with Crippen molar-refractivity contribution >= 4 is 11.0 Å². The van der Waals surface area contributed by atoms with Gasteiger partial charge in [-0.25, -0.2) is 9.97 Å². The molecule has 2 aromatic rings. The van der Waals surface area contributed by atoms with E-state index in [0.29, 0.717) is 5.39 Å². The van der Waals surface area contributed by atoms with E-state index >= 15 is 0 Å². The predicted molar refractivity (Wildman–Crippen MR) is 58.6 cm³/mol. The number of hydrogen-bond acceptors (Lipinski definition) is 2. The highest BCUT2D eigenvalue weighted by Gasteiger charge is 2.36. The fourth-order valence-corrected chi connectivity index (χ4v) is 1.69. The molecule has 2 nitrogen and oxygen atoms in total. The first kappa shape index (κ1) is 11.8. The van der Waals surface area contributed by atoms with Crippen LogP contribution in [0.25, 0.3) is 11.0 Å². The molecule has 0 aliphatic carbocycles. The van der Waals surface area contributed by atoms with E-state index in [2.05, 4.69) is 9.97 Å². The van der Waals surface area contributed by atoms with Gasteiger partial charge >= 0.3 is 6.18 Å². The van der Waals surface area contributed by atoms with Gasteiger partial charge in [0.1, 0.15) is 5.69 Å².